The molecule has 1 heterocycles. The molecule has 88 valence electrons. The zero-order valence-electron chi connectivity index (χ0n) is 10.3. The molecule has 0 amide bonds. The minimum Gasteiger partial charge on any atom is -0.379 e. The number of aromatic nitrogens is 2. The second kappa shape index (κ2) is 5.16. The van der Waals surface area contributed by atoms with Crippen molar-refractivity contribution in [2.75, 3.05) is 7.11 Å². The van der Waals surface area contributed by atoms with Gasteiger partial charge in [0.2, 0.25) is 0 Å². The quantitative estimate of drug-likeness (QED) is 0.716. The van der Waals surface area contributed by atoms with E-state index in [4.69, 9.17) is 4.74 Å². The van der Waals surface area contributed by atoms with Crippen LogP contribution in [0.5, 0.6) is 0 Å². The molecule has 0 saturated carbocycles. The van der Waals surface area contributed by atoms with Gasteiger partial charge in [0.05, 0.1) is 5.60 Å². The lowest BCUT2D eigenvalue weighted by Gasteiger charge is -2.21. The van der Waals surface area contributed by atoms with Crippen molar-refractivity contribution in [2.24, 2.45) is 0 Å². The van der Waals surface area contributed by atoms with Crippen LogP contribution in [0.3, 0.4) is 0 Å². The summed E-state index contributed by atoms with van der Waals surface area (Å²) in [6.45, 7) is 5.80. The first-order valence-electron chi connectivity index (χ1n) is 5.31. The molecule has 0 radical (unpaired) electrons. The van der Waals surface area contributed by atoms with Gasteiger partial charge < -0.3 is 4.74 Å². The molecule has 0 spiro atoms. The average molecular weight is 222 g/mol. The van der Waals surface area contributed by atoms with Crippen LogP contribution in [-0.2, 0) is 4.74 Å². The van der Waals surface area contributed by atoms with Crippen molar-refractivity contribution < 1.29 is 9.53 Å². The van der Waals surface area contributed by atoms with Gasteiger partial charge in [-0.15, -0.1) is 0 Å². The van der Waals surface area contributed by atoms with Crippen molar-refractivity contribution in [2.45, 2.75) is 39.2 Å². The fraction of sp³-hybridized carbons (Fsp3) is 0.583. The highest BCUT2D eigenvalue weighted by Gasteiger charge is 2.19. The van der Waals surface area contributed by atoms with Gasteiger partial charge in [-0.2, -0.15) is 0 Å². The molecule has 1 rings (SSSR count). The van der Waals surface area contributed by atoms with E-state index in [0.717, 1.165) is 5.56 Å². The van der Waals surface area contributed by atoms with E-state index in [9.17, 15) is 4.79 Å². The predicted molar refractivity (Wildman–Crippen MR) is 61.4 cm³/mol. The smallest absolute Gasteiger partial charge is 0.200 e. The van der Waals surface area contributed by atoms with Gasteiger partial charge in [-0.1, -0.05) is 0 Å². The van der Waals surface area contributed by atoms with E-state index in [1.807, 2.05) is 20.8 Å². The summed E-state index contributed by atoms with van der Waals surface area (Å²) in [5, 5.41) is 0. The van der Waals surface area contributed by atoms with Crippen LogP contribution in [-0.4, -0.2) is 28.5 Å². The van der Waals surface area contributed by atoms with Crippen LogP contribution in [0.2, 0.25) is 0 Å². The summed E-state index contributed by atoms with van der Waals surface area (Å²) in [6, 6.07) is 0. The van der Waals surface area contributed by atoms with Crippen LogP contribution in [0.25, 0.3) is 0 Å². The SMILES string of the molecule is COC(C)(C)CCC(=O)c1ncc(C)cn1. The Morgan fingerprint density at radius 2 is 1.94 bits per heavy atom. The van der Waals surface area contributed by atoms with Crippen molar-refractivity contribution in [1.29, 1.82) is 0 Å². The Morgan fingerprint density at radius 1 is 1.38 bits per heavy atom. The maximum atomic E-state index is 11.7. The van der Waals surface area contributed by atoms with Crippen molar-refractivity contribution in [3.63, 3.8) is 0 Å². The summed E-state index contributed by atoms with van der Waals surface area (Å²) in [4.78, 5) is 19.7. The number of ketones is 1. The lowest BCUT2D eigenvalue weighted by molar-refractivity contribution is 0.0141. The second-order valence-electron chi connectivity index (χ2n) is 4.47. The fourth-order valence-corrected chi connectivity index (χ4v) is 1.17. The van der Waals surface area contributed by atoms with Crippen molar-refractivity contribution >= 4 is 5.78 Å². The average Bonchev–Trinajstić information content (AvgIpc) is 2.27. The van der Waals surface area contributed by atoms with E-state index in [1.165, 1.54) is 0 Å². The number of Topliss-reactive ketones (excluding diaryl/α,β-unsaturated/α-hetero) is 1. The largest absolute Gasteiger partial charge is 0.379 e. The molecule has 0 aromatic carbocycles. The summed E-state index contributed by atoms with van der Waals surface area (Å²) >= 11 is 0. The Hall–Kier alpha value is -1.29. The minimum absolute atomic E-state index is 0.0369. The number of rotatable bonds is 5. The van der Waals surface area contributed by atoms with Crippen molar-refractivity contribution in [1.82, 2.24) is 9.97 Å². The first-order valence-corrected chi connectivity index (χ1v) is 5.31. The van der Waals surface area contributed by atoms with Crippen LogP contribution in [0, 0.1) is 6.92 Å². The third kappa shape index (κ3) is 3.70. The molecule has 16 heavy (non-hydrogen) atoms. The molecule has 0 bridgehead atoms. The molecule has 0 saturated heterocycles. The Morgan fingerprint density at radius 3 is 2.44 bits per heavy atom. The van der Waals surface area contributed by atoms with E-state index >= 15 is 0 Å². The van der Waals surface area contributed by atoms with Gasteiger partial charge in [-0.05, 0) is 32.8 Å². The zero-order valence-corrected chi connectivity index (χ0v) is 10.3. The molecular weight excluding hydrogens is 204 g/mol. The highest BCUT2D eigenvalue weighted by atomic mass is 16.5. The molecule has 0 aliphatic carbocycles. The van der Waals surface area contributed by atoms with Crippen LogP contribution < -0.4 is 0 Å². The van der Waals surface area contributed by atoms with Gasteiger partial charge in [0.1, 0.15) is 0 Å². The number of aryl methyl sites for hydroxylation is 1. The highest BCUT2D eigenvalue weighted by Crippen LogP contribution is 2.16. The number of hydrogen-bond donors (Lipinski definition) is 0. The van der Waals surface area contributed by atoms with Crippen LogP contribution in [0.15, 0.2) is 12.4 Å². The van der Waals surface area contributed by atoms with E-state index in [0.29, 0.717) is 12.8 Å². The van der Waals surface area contributed by atoms with Crippen LogP contribution in [0.1, 0.15) is 42.9 Å². The Bertz CT molecular complexity index is 358. The third-order valence-corrected chi connectivity index (χ3v) is 2.54. The highest BCUT2D eigenvalue weighted by molar-refractivity contribution is 5.92. The molecular formula is C12H18N2O2. The number of carbonyl (C=O) groups excluding carboxylic acids is 1. The summed E-state index contributed by atoms with van der Waals surface area (Å²) in [7, 11) is 1.65. The first-order chi connectivity index (χ1) is 7.44. The van der Waals surface area contributed by atoms with Gasteiger partial charge in [-0.3, -0.25) is 4.79 Å². The molecule has 4 nitrogen and oxygen atoms in total. The summed E-state index contributed by atoms with van der Waals surface area (Å²) in [5.74, 6) is 0.252. The fourth-order valence-electron chi connectivity index (χ4n) is 1.17. The maximum absolute atomic E-state index is 11.7. The molecule has 0 aliphatic heterocycles. The second-order valence-corrected chi connectivity index (χ2v) is 4.47. The van der Waals surface area contributed by atoms with E-state index in [1.54, 1.807) is 19.5 Å². The number of nitrogens with zero attached hydrogens (tertiary/aromatic N) is 2. The topological polar surface area (TPSA) is 52.1 Å². The normalized spacial score (nSPS) is 11.5. The van der Waals surface area contributed by atoms with Crippen LogP contribution in [0.4, 0.5) is 0 Å². The van der Waals surface area contributed by atoms with Crippen molar-refractivity contribution in [3.8, 4) is 0 Å². The molecule has 1 aromatic heterocycles. The summed E-state index contributed by atoms with van der Waals surface area (Å²) in [5.41, 5.74) is 0.675. The minimum atomic E-state index is -0.277. The van der Waals surface area contributed by atoms with E-state index < -0.39 is 0 Å². The molecule has 0 N–H and O–H groups in total. The standard InChI is InChI=1S/C12H18N2O2/c1-9-7-13-11(14-8-9)10(15)5-6-12(2,3)16-4/h7-8H,5-6H2,1-4H3. The summed E-state index contributed by atoms with van der Waals surface area (Å²) < 4.78 is 5.25. The van der Waals surface area contributed by atoms with Gasteiger partial charge in [0, 0.05) is 25.9 Å². The summed E-state index contributed by atoms with van der Waals surface area (Å²) in [6.07, 6.45) is 4.38. The molecule has 0 fully saturated rings. The van der Waals surface area contributed by atoms with Gasteiger partial charge >= 0.3 is 0 Å². The molecule has 0 unspecified atom stereocenters. The first kappa shape index (κ1) is 12.8. The number of methoxy groups -OCH3 is 1. The molecule has 4 heteroatoms. The predicted octanol–water partition coefficient (Wildman–Crippen LogP) is 2.17. The number of carbonyl (C=O) groups is 1. The zero-order chi connectivity index (χ0) is 12.2. The third-order valence-electron chi connectivity index (χ3n) is 2.54. The number of hydrogen-bond acceptors (Lipinski definition) is 4. The Kier molecular flexibility index (Phi) is 4.12. The lowest BCUT2D eigenvalue weighted by Crippen LogP contribution is -2.23. The van der Waals surface area contributed by atoms with Gasteiger partial charge in [-0.25, -0.2) is 9.97 Å². The monoisotopic (exact) mass is 222 g/mol. The molecule has 1 aromatic rings. The Balaban J connectivity index is 2.56. The van der Waals surface area contributed by atoms with Gasteiger partial charge in [0.25, 0.3) is 0 Å². The Labute approximate surface area is 96.1 Å². The van der Waals surface area contributed by atoms with Crippen molar-refractivity contribution in [3.05, 3.63) is 23.8 Å². The van der Waals surface area contributed by atoms with Gasteiger partial charge in [0.15, 0.2) is 11.6 Å². The van der Waals surface area contributed by atoms with E-state index in [2.05, 4.69) is 9.97 Å². The van der Waals surface area contributed by atoms with E-state index in [-0.39, 0.29) is 17.2 Å². The van der Waals surface area contributed by atoms with Crippen LogP contribution >= 0.6 is 0 Å². The molecule has 0 atom stereocenters. The molecule has 0 aliphatic rings. The number of ether oxygens (including phenoxy) is 1. The maximum Gasteiger partial charge on any atom is 0.200 e. The lowest BCUT2D eigenvalue weighted by atomic mass is 10.0.